The Kier molecular flexibility index (Phi) is 2.67. The van der Waals surface area contributed by atoms with Gasteiger partial charge in [-0.15, -0.1) is 13.2 Å². The second kappa shape index (κ2) is 3.86. The van der Waals surface area contributed by atoms with Crippen LogP contribution in [-0.2, 0) is 0 Å². The molecule has 88 valence electrons. The Hall–Kier alpha value is -1.43. The molecule has 0 saturated carbocycles. The number of alkyl halides is 3. The summed E-state index contributed by atoms with van der Waals surface area (Å²) in [4.78, 5) is 0. The molecule has 1 N–H and O–H groups in total. The number of hydrogen-bond donors (Lipinski definition) is 1. The Labute approximate surface area is 89.4 Å². The molecule has 1 heterocycles. The SMILES string of the molecule is O[C@H]1CCOc2c(OC(F)(F)F)cccc21. The molecule has 1 aromatic rings. The van der Waals surface area contributed by atoms with Gasteiger partial charge in [-0.25, -0.2) is 0 Å². The third-order valence-electron chi connectivity index (χ3n) is 2.23. The van der Waals surface area contributed by atoms with Crippen molar-refractivity contribution >= 4 is 0 Å². The molecule has 0 fully saturated rings. The first-order valence-electron chi connectivity index (χ1n) is 4.67. The average Bonchev–Trinajstić information content (AvgIpc) is 2.17. The molecule has 0 bridgehead atoms. The Morgan fingerprint density at radius 2 is 2.12 bits per heavy atom. The number of rotatable bonds is 1. The molecule has 0 aliphatic carbocycles. The lowest BCUT2D eigenvalue weighted by atomic mass is 10.0. The molecule has 0 unspecified atom stereocenters. The second-order valence-electron chi connectivity index (χ2n) is 3.38. The van der Waals surface area contributed by atoms with E-state index in [0.717, 1.165) is 6.07 Å². The number of fused-ring (bicyclic) bond motifs is 1. The Morgan fingerprint density at radius 3 is 2.81 bits per heavy atom. The van der Waals surface area contributed by atoms with Gasteiger partial charge in [0.25, 0.3) is 0 Å². The highest BCUT2D eigenvalue weighted by atomic mass is 19.4. The van der Waals surface area contributed by atoms with Crippen molar-refractivity contribution in [2.45, 2.75) is 18.9 Å². The lowest BCUT2D eigenvalue weighted by Crippen LogP contribution is -2.20. The fourth-order valence-corrected chi connectivity index (χ4v) is 1.58. The van der Waals surface area contributed by atoms with E-state index in [0.29, 0.717) is 12.0 Å². The topological polar surface area (TPSA) is 38.7 Å². The minimum Gasteiger partial charge on any atom is -0.489 e. The first kappa shape index (κ1) is 11.1. The van der Waals surface area contributed by atoms with Gasteiger partial charge in [-0.1, -0.05) is 12.1 Å². The molecular weight excluding hydrogens is 225 g/mol. The van der Waals surface area contributed by atoms with Crippen molar-refractivity contribution in [2.75, 3.05) is 6.61 Å². The third kappa shape index (κ3) is 2.21. The summed E-state index contributed by atoms with van der Waals surface area (Å²) >= 11 is 0. The van der Waals surface area contributed by atoms with Crippen molar-refractivity contribution in [3.8, 4) is 11.5 Å². The summed E-state index contributed by atoms with van der Waals surface area (Å²) in [5.74, 6) is -0.442. The van der Waals surface area contributed by atoms with Gasteiger partial charge in [0.2, 0.25) is 0 Å². The summed E-state index contributed by atoms with van der Waals surface area (Å²) in [7, 11) is 0. The summed E-state index contributed by atoms with van der Waals surface area (Å²) in [6, 6.07) is 4.06. The molecule has 1 aliphatic heterocycles. The summed E-state index contributed by atoms with van der Waals surface area (Å²) in [6.45, 7) is 0.173. The Bertz CT molecular complexity index is 389. The molecule has 16 heavy (non-hydrogen) atoms. The number of ether oxygens (including phenoxy) is 2. The zero-order valence-corrected chi connectivity index (χ0v) is 8.12. The molecule has 0 saturated heterocycles. The van der Waals surface area contributed by atoms with Gasteiger partial charge in [0.05, 0.1) is 12.7 Å². The number of hydrogen-bond acceptors (Lipinski definition) is 3. The quantitative estimate of drug-likeness (QED) is 0.810. The van der Waals surface area contributed by atoms with Crippen molar-refractivity contribution < 1.29 is 27.8 Å². The van der Waals surface area contributed by atoms with Crippen molar-refractivity contribution in [3.63, 3.8) is 0 Å². The highest BCUT2D eigenvalue weighted by Crippen LogP contribution is 2.41. The van der Waals surface area contributed by atoms with Crippen LogP contribution in [-0.4, -0.2) is 18.1 Å². The maximum atomic E-state index is 12.1. The van der Waals surface area contributed by atoms with E-state index in [1.54, 1.807) is 0 Å². The molecule has 1 atom stereocenters. The van der Waals surface area contributed by atoms with Gasteiger partial charge in [-0.2, -0.15) is 0 Å². The monoisotopic (exact) mass is 234 g/mol. The number of aliphatic hydroxyl groups is 1. The molecule has 1 aliphatic rings. The van der Waals surface area contributed by atoms with E-state index < -0.39 is 18.2 Å². The number of para-hydroxylation sites is 1. The van der Waals surface area contributed by atoms with Crippen molar-refractivity contribution in [1.82, 2.24) is 0 Å². The third-order valence-corrected chi connectivity index (χ3v) is 2.23. The predicted octanol–water partition coefficient (Wildman–Crippen LogP) is 2.40. The molecule has 0 spiro atoms. The lowest BCUT2D eigenvalue weighted by molar-refractivity contribution is -0.275. The molecule has 6 heteroatoms. The molecule has 0 radical (unpaired) electrons. The van der Waals surface area contributed by atoms with Gasteiger partial charge in [-0.05, 0) is 6.07 Å². The molecule has 0 aromatic heterocycles. The lowest BCUT2D eigenvalue weighted by Gasteiger charge is -2.24. The number of halogens is 3. The molecule has 2 rings (SSSR count). The van der Waals surface area contributed by atoms with E-state index in [9.17, 15) is 18.3 Å². The second-order valence-corrected chi connectivity index (χ2v) is 3.38. The fourth-order valence-electron chi connectivity index (χ4n) is 1.58. The molecule has 3 nitrogen and oxygen atoms in total. The van der Waals surface area contributed by atoms with Gasteiger partial charge in [0.1, 0.15) is 0 Å². The van der Waals surface area contributed by atoms with Gasteiger partial charge in [0, 0.05) is 12.0 Å². The van der Waals surface area contributed by atoms with Gasteiger partial charge < -0.3 is 14.6 Å². The minimum atomic E-state index is -4.76. The van der Waals surface area contributed by atoms with Crippen molar-refractivity contribution in [3.05, 3.63) is 23.8 Å². The van der Waals surface area contributed by atoms with Crippen LogP contribution in [0.2, 0.25) is 0 Å². The van der Waals surface area contributed by atoms with Crippen LogP contribution < -0.4 is 9.47 Å². The average molecular weight is 234 g/mol. The van der Waals surface area contributed by atoms with E-state index in [1.165, 1.54) is 12.1 Å². The highest BCUT2D eigenvalue weighted by Gasteiger charge is 2.34. The normalized spacial score (nSPS) is 19.9. The van der Waals surface area contributed by atoms with E-state index in [-0.39, 0.29) is 12.4 Å². The van der Waals surface area contributed by atoms with Crippen LogP contribution in [0.1, 0.15) is 18.1 Å². The van der Waals surface area contributed by atoms with Crippen LogP contribution in [0.5, 0.6) is 11.5 Å². The summed E-state index contributed by atoms with van der Waals surface area (Å²) in [6.07, 6.45) is -5.20. The molecule has 0 amide bonds. The first-order chi connectivity index (χ1) is 7.47. The van der Waals surface area contributed by atoms with Crippen LogP contribution in [0.4, 0.5) is 13.2 Å². The highest BCUT2D eigenvalue weighted by molar-refractivity contribution is 5.48. The van der Waals surface area contributed by atoms with Crippen LogP contribution in [0.3, 0.4) is 0 Å². The van der Waals surface area contributed by atoms with Crippen LogP contribution in [0.15, 0.2) is 18.2 Å². The zero-order valence-electron chi connectivity index (χ0n) is 8.12. The van der Waals surface area contributed by atoms with E-state index >= 15 is 0 Å². The van der Waals surface area contributed by atoms with Crippen LogP contribution >= 0.6 is 0 Å². The number of aliphatic hydroxyl groups excluding tert-OH is 1. The maximum Gasteiger partial charge on any atom is 0.573 e. The van der Waals surface area contributed by atoms with E-state index in [2.05, 4.69) is 4.74 Å². The van der Waals surface area contributed by atoms with Crippen molar-refractivity contribution in [2.24, 2.45) is 0 Å². The smallest absolute Gasteiger partial charge is 0.489 e. The van der Waals surface area contributed by atoms with E-state index in [1.807, 2.05) is 0 Å². The van der Waals surface area contributed by atoms with Crippen LogP contribution in [0, 0.1) is 0 Å². The van der Waals surface area contributed by atoms with Gasteiger partial charge in [0.15, 0.2) is 11.5 Å². The van der Waals surface area contributed by atoms with Crippen molar-refractivity contribution in [1.29, 1.82) is 0 Å². The maximum absolute atomic E-state index is 12.1. The molecule has 1 aromatic carbocycles. The van der Waals surface area contributed by atoms with Gasteiger partial charge in [-0.3, -0.25) is 0 Å². The largest absolute Gasteiger partial charge is 0.573 e. The summed E-state index contributed by atoms with van der Waals surface area (Å²) in [5.41, 5.74) is 0.327. The van der Waals surface area contributed by atoms with Crippen LogP contribution in [0.25, 0.3) is 0 Å². The summed E-state index contributed by atoms with van der Waals surface area (Å²) < 4.78 is 45.1. The standard InChI is InChI=1S/C10H9F3O3/c11-10(12,13)16-8-3-1-2-6-7(14)4-5-15-9(6)8/h1-3,7,14H,4-5H2/t7-/m0/s1. The Morgan fingerprint density at radius 1 is 1.38 bits per heavy atom. The molecular formula is C10H9F3O3. The number of benzene rings is 1. The van der Waals surface area contributed by atoms with E-state index in [4.69, 9.17) is 4.74 Å². The zero-order chi connectivity index (χ0) is 11.8. The van der Waals surface area contributed by atoms with Gasteiger partial charge >= 0.3 is 6.36 Å². The first-order valence-corrected chi connectivity index (χ1v) is 4.67. The summed E-state index contributed by atoms with van der Waals surface area (Å²) in [5, 5.41) is 9.57. The Balaban J connectivity index is 2.36. The minimum absolute atomic E-state index is 0.0291. The fraction of sp³-hybridized carbons (Fsp3) is 0.400. The predicted molar refractivity (Wildman–Crippen MR) is 48.2 cm³/mol.